The first-order valence-corrected chi connectivity index (χ1v) is 7.32. The standard InChI is InChI=1S/C13H9F2NO4S/c14-8-4-5-12(10(15)6-8)21(19,20)7-9-2-1-3-11(16-9)13(17)18/h1-6H,7H2,(H,17,18). The number of aromatic nitrogens is 1. The Hall–Kier alpha value is -2.35. The summed E-state index contributed by atoms with van der Waals surface area (Å²) in [5, 5.41) is 8.79. The van der Waals surface area contributed by atoms with Crippen LogP contribution in [0.1, 0.15) is 16.2 Å². The molecule has 0 amide bonds. The summed E-state index contributed by atoms with van der Waals surface area (Å²) in [5.41, 5.74) is -0.360. The summed E-state index contributed by atoms with van der Waals surface area (Å²) < 4.78 is 50.4. The molecule has 0 bridgehead atoms. The molecule has 8 heteroatoms. The molecular weight excluding hydrogens is 304 g/mol. The summed E-state index contributed by atoms with van der Waals surface area (Å²) in [6.07, 6.45) is 0. The van der Waals surface area contributed by atoms with Gasteiger partial charge in [0.05, 0.1) is 11.4 Å². The predicted molar refractivity (Wildman–Crippen MR) is 68.4 cm³/mol. The zero-order valence-electron chi connectivity index (χ0n) is 10.5. The van der Waals surface area contributed by atoms with Crippen LogP contribution in [-0.2, 0) is 15.6 Å². The lowest BCUT2D eigenvalue weighted by Crippen LogP contribution is -2.10. The highest BCUT2D eigenvalue weighted by Gasteiger charge is 2.21. The Morgan fingerprint density at radius 3 is 2.52 bits per heavy atom. The fourth-order valence-electron chi connectivity index (χ4n) is 1.68. The lowest BCUT2D eigenvalue weighted by Gasteiger charge is -2.06. The second-order valence-electron chi connectivity index (χ2n) is 4.15. The first kappa shape index (κ1) is 15.0. The molecule has 2 aromatic rings. The zero-order valence-corrected chi connectivity index (χ0v) is 11.3. The van der Waals surface area contributed by atoms with Crippen LogP contribution in [0, 0.1) is 11.6 Å². The second-order valence-corrected chi connectivity index (χ2v) is 6.11. The first-order valence-electron chi connectivity index (χ1n) is 5.66. The van der Waals surface area contributed by atoms with Crippen LogP contribution in [0.4, 0.5) is 8.78 Å². The number of carboxylic acid groups (broad SMARTS) is 1. The summed E-state index contributed by atoms with van der Waals surface area (Å²) in [6.45, 7) is 0. The number of sulfone groups is 1. The van der Waals surface area contributed by atoms with Gasteiger partial charge in [0, 0.05) is 6.07 Å². The topological polar surface area (TPSA) is 84.3 Å². The molecule has 0 spiro atoms. The van der Waals surface area contributed by atoms with Crippen LogP contribution in [0.3, 0.4) is 0 Å². The van der Waals surface area contributed by atoms with Crippen molar-refractivity contribution in [1.82, 2.24) is 4.98 Å². The Kier molecular flexibility index (Phi) is 3.99. The molecule has 0 aliphatic rings. The number of pyridine rings is 1. The second kappa shape index (κ2) is 5.57. The fraction of sp³-hybridized carbons (Fsp3) is 0.0769. The maximum absolute atomic E-state index is 13.5. The maximum atomic E-state index is 13.5. The van der Waals surface area contributed by atoms with E-state index >= 15 is 0 Å². The molecular formula is C13H9F2NO4S. The third-order valence-corrected chi connectivity index (χ3v) is 4.27. The molecule has 1 aromatic heterocycles. The van der Waals surface area contributed by atoms with Gasteiger partial charge >= 0.3 is 5.97 Å². The van der Waals surface area contributed by atoms with Crippen molar-refractivity contribution in [3.63, 3.8) is 0 Å². The van der Waals surface area contributed by atoms with Crippen molar-refractivity contribution in [2.75, 3.05) is 0 Å². The normalized spacial score (nSPS) is 11.3. The highest BCUT2D eigenvalue weighted by Crippen LogP contribution is 2.20. The van der Waals surface area contributed by atoms with Crippen LogP contribution in [0.15, 0.2) is 41.3 Å². The lowest BCUT2D eigenvalue weighted by molar-refractivity contribution is 0.0690. The molecule has 1 heterocycles. The molecule has 0 radical (unpaired) electrons. The molecule has 0 aliphatic carbocycles. The number of nitrogens with zero attached hydrogens (tertiary/aromatic N) is 1. The van der Waals surface area contributed by atoms with Gasteiger partial charge in [-0.25, -0.2) is 27.0 Å². The molecule has 0 aliphatic heterocycles. The number of carboxylic acids is 1. The van der Waals surface area contributed by atoms with E-state index in [0.717, 1.165) is 12.1 Å². The summed E-state index contributed by atoms with van der Waals surface area (Å²) in [4.78, 5) is 13.8. The fourth-order valence-corrected chi connectivity index (χ4v) is 3.02. The van der Waals surface area contributed by atoms with E-state index in [-0.39, 0.29) is 11.4 Å². The Balaban J connectivity index is 2.37. The van der Waals surface area contributed by atoms with E-state index < -0.39 is 38.1 Å². The Morgan fingerprint density at radius 2 is 1.90 bits per heavy atom. The third kappa shape index (κ3) is 3.40. The van der Waals surface area contributed by atoms with Gasteiger partial charge in [-0.15, -0.1) is 0 Å². The van der Waals surface area contributed by atoms with Crippen molar-refractivity contribution in [1.29, 1.82) is 0 Å². The number of hydrogen-bond acceptors (Lipinski definition) is 4. The van der Waals surface area contributed by atoms with E-state index in [1.807, 2.05) is 0 Å². The van der Waals surface area contributed by atoms with Crippen LogP contribution in [-0.4, -0.2) is 24.5 Å². The van der Waals surface area contributed by atoms with Gasteiger partial charge in [0.15, 0.2) is 9.84 Å². The minimum Gasteiger partial charge on any atom is -0.477 e. The molecule has 5 nitrogen and oxygen atoms in total. The average molecular weight is 313 g/mol. The van der Waals surface area contributed by atoms with Gasteiger partial charge < -0.3 is 5.11 Å². The number of aromatic carboxylic acids is 1. The molecule has 0 unspecified atom stereocenters. The van der Waals surface area contributed by atoms with E-state index in [0.29, 0.717) is 6.07 Å². The highest BCUT2D eigenvalue weighted by molar-refractivity contribution is 7.90. The minimum absolute atomic E-state index is 0.0429. The SMILES string of the molecule is O=C(O)c1cccc(CS(=O)(=O)c2ccc(F)cc2F)n1. The van der Waals surface area contributed by atoms with Crippen LogP contribution in [0.25, 0.3) is 0 Å². The van der Waals surface area contributed by atoms with E-state index in [2.05, 4.69) is 4.98 Å². The van der Waals surface area contributed by atoms with Crippen molar-refractivity contribution in [3.05, 3.63) is 59.4 Å². The summed E-state index contributed by atoms with van der Waals surface area (Å²) in [7, 11) is -4.10. The molecule has 0 atom stereocenters. The number of rotatable bonds is 4. The zero-order chi connectivity index (χ0) is 15.6. The summed E-state index contributed by atoms with van der Waals surface area (Å²) in [5.74, 6) is -4.08. The lowest BCUT2D eigenvalue weighted by atomic mass is 10.3. The molecule has 21 heavy (non-hydrogen) atoms. The summed E-state index contributed by atoms with van der Waals surface area (Å²) >= 11 is 0. The van der Waals surface area contributed by atoms with Crippen molar-refractivity contribution in [2.45, 2.75) is 10.6 Å². The van der Waals surface area contributed by atoms with Gasteiger partial charge in [-0.1, -0.05) is 6.07 Å². The first-order chi connectivity index (χ1) is 9.79. The Morgan fingerprint density at radius 1 is 1.19 bits per heavy atom. The third-order valence-electron chi connectivity index (χ3n) is 2.59. The molecule has 1 aromatic carbocycles. The molecule has 0 saturated heterocycles. The van der Waals surface area contributed by atoms with Crippen molar-refractivity contribution < 1.29 is 27.1 Å². The molecule has 2 rings (SSSR count). The average Bonchev–Trinajstić information content (AvgIpc) is 2.37. The number of hydrogen-bond donors (Lipinski definition) is 1. The van der Waals surface area contributed by atoms with E-state index in [1.54, 1.807) is 0 Å². The minimum atomic E-state index is -4.10. The van der Waals surface area contributed by atoms with Gasteiger partial charge in [0.25, 0.3) is 0 Å². The van der Waals surface area contributed by atoms with Crippen molar-refractivity contribution >= 4 is 15.8 Å². The summed E-state index contributed by atoms with van der Waals surface area (Å²) in [6, 6.07) is 5.97. The van der Waals surface area contributed by atoms with Crippen LogP contribution >= 0.6 is 0 Å². The van der Waals surface area contributed by atoms with Crippen LogP contribution in [0.2, 0.25) is 0 Å². The van der Waals surface area contributed by atoms with Gasteiger partial charge in [-0.05, 0) is 24.3 Å². The Bertz CT molecular complexity index is 806. The Labute approximate surface area is 118 Å². The van der Waals surface area contributed by atoms with Crippen LogP contribution < -0.4 is 0 Å². The largest absolute Gasteiger partial charge is 0.477 e. The quantitative estimate of drug-likeness (QED) is 0.873. The van der Waals surface area contributed by atoms with Gasteiger partial charge in [0.2, 0.25) is 0 Å². The van der Waals surface area contributed by atoms with Gasteiger partial charge in [-0.3, -0.25) is 0 Å². The van der Waals surface area contributed by atoms with Crippen molar-refractivity contribution in [3.8, 4) is 0 Å². The smallest absolute Gasteiger partial charge is 0.354 e. The van der Waals surface area contributed by atoms with Gasteiger partial charge in [0.1, 0.15) is 22.2 Å². The molecule has 1 N–H and O–H groups in total. The van der Waals surface area contributed by atoms with Crippen LogP contribution in [0.5, 0.6) is 0 Å². The molecule has 110 valence electrons. The van der Waals surface area contributed by atoms with E-state index in [4.69, 9.17) is 5.11 Å². The maximum Gasteiger partial charge on any atom is 0.354 e. The van der Waals surface area contributed by atoms with Crippen molar-refractivity contribution in [2.24, 2.45) is 0 Å². The van der Waals surface area contributed by atoms with E-state index in [9.17, 15) is 22.0 Å². The number of halogens is 2. The number of benzene rings is 1. The van der Waals surface area contributed by atoms with Gasteiger partial charge in [-0.2, -0.15) is 0 Å². The molecule has 0 fully saturated rings. The predicted octanol–water partition coefficient (Wildman–Crippen LogP) is 2.03. The number of carbonyl (C=O) groups is 1. The van der Waals surface area contributed by atoms with E-state index in [1.165, 1.54) is 18.2 Å². The molecule has 0 saturated carbocycles. The highest BCUT2D eigenvalue weighted by atomic mass is 32.2. The monoisotopic (exact) mass is 313 g/mol.